The Balaban J connectivity index is 1.11. The fraction of sp³-hybridized carbons (Fsp3) is 0.0588. The van der Waals surface area contributed by atoms with Gasteiger partial charge in [-0.2, -0.15) is 0 Å². The molecule has 0 fully saturated rings. The molecule has 0 unspecified atom stereocenters. The Morgan fingerprint density at radius 1 is 0.340 bits per heavy atom. The number of rotatable bonds is 3. The Bertz CT molecular complexity index is 3060. The van der Waals surface area contributed by atoms with Gasteiger partial charge in [0.15, 0.2) is 0 Å². The van der Waals surface area contributed by atoms with E-state index in [0.717, 1.165) is 0 Å². The van der Waals surface area contributed by atoms with Crippen molar-refractivity contribution in [3.8, 4) is 16.8 Å². The lowest BCUT2D eigenvalue weighted by atomic mass is 9.73. The first-order valence-electron chi connectivity index (χ1n) is 18.5. The summed E-state index contributed by atoms with van der Waals surface area (Å²) in [6, 6.07) is 67.2. The van der Waals surface area contributed by atoms with Crippen LogP contribution in [0.1, 0.15) is 25.0 Å². The molecule has 2 heterocycles. The summed E-state index contributed by atoms with van der Waals surface area (Å²) in [5, 5.41) is 10.3. The van der Waals surface area contributed by atoms with E-state index in [-0.39, 0.29) is 5.41 Å². The Morgan fingerprint density at radius 2 is 0.887 bits per heavy atom. The minimum absolute atomic E-state index is 0.203. The van der Waals surface area contributed by atoms with E-state index in [1.165, 1.54) is 99.1 Å². The quantitative estimate of drug-likeness (QED) is 0.169. The summed E-state index contributed by atoms with van der Waals surface area (Å²) in [6.07, 6.45) is 0. The highest BCUT2D eigenvalue weighted by Crippen LogP contribution is 2.53. The lowest BCUT2D eigenvalue weighted by Gasteiger charge is -2.42. The van der Waals surface area contributed by atoms with Crippen molar-refractivity contribution >= 4 is 71.2 Å². The molecule has 0 spiro atoms. The van der Waals surface area contributed by atoms with Gasteiger partial charge in [-0.15, -0.1) is 0 Å². The van der Waals surface area contributed by atoms with E-state index in [1.54, 1.807) is 0 Å². The molecule has 0 saturated heterocycles. The molecule has 0 radical (unpaired) electrons. The normalized spacial score (nSPS) is 13.6. The Kier molecular flexibility index (Phi) is 6.33. The van der Waals surface area contributed by atoms with Crippen molar-refractivity contribution in [3.05, 3.63) is 193 Å². The van der Waals surface area contributed by atoms with E-state index in [2.05, 4.69) is 205 Å². The second-order valence-electron chi connectivity index (χ2n) is 15.0. The number of hydrogen-bond donors (Lipinski definition) is 0. The van der Waals surface area contributed by atoms with E-state index in [0.29, 0.717) is 0 Å². The van der Waals surface area contributed by atoms with Crippen molar-refractivity contribution in [2.24, 2.45) is 0 Å². The fourth-order valence-electron chi connectivity index (χ4n) is 9.20. The minimum atomic E-state index is -0.203. The van der Waals surface area contributed by atoms with Crippen LogP contribution in [0, 0.1) is 0 Å². The molecular formula is C51H36N2. The summed E-state index contributed by atoms with van der Waals surface area (Å²) in [5.74, 6) is 0. The predicted molar refractivity (Wildman–Crippen MR) is 226 cm³/mol. The van der Waals surface area contributed by atoms with Crippen molar-refractivity contribution < 1.29 is 0 Å². The number of fused-ring (bicyclic) bond motifs is 11. The van der Waals surface area contributed by atoms with Crippen molar-refractivity contribution in [3.63, 3.8) is 0 Å². The molecule has 0 bridgehead atoms. The van der Waals surface area contributed by atoms with Gasteiger partial charge >= 0.3 is 0 Å². The zero-order chi connectivity index (χ0) is 35.3. The van der Waals surface area contributed by atoms with Gasteiger partial charge in [0.25, 0.3) is 0 Å². The van der Waals surface area contributed by atoms with Gasteiger partial charge in [-0.3, -0.25) is 0 Å². The van der Waals surface area contributed by atoms with Crippen LogP contribution in [-0.4, -0.2) is 4.57 Å². The van der Waals surface area contributed by atoms with Crippen LogP contribution in [0.5, 0.6) is 0 Å². The molecule has 0 aliphatic carbocycles. The van der Waals surface area contributed by atoms with E-state index in [9.17, 15) is 0 Å². The van der Waals surface area contributed by atoms with Gasteiger partial charge in [0.05, 0.1) is 22.4 Å². The zero-order valence-corrected chi connectivity index (χ0v) is 29.7. The first-order valence-corrected chi connectivity index (χ1v) is 18.5. The molecule has 1 aromatic heterocycles. The highest BCUT2D eigenvalue weighted by molar-refractivity contribution is 6.26. The molecule has 2 nitrogen and oxygen atoms in total. The largest absolute Gasteiger partial charge is 0.310 e. The van der Waals surface area contributed by atoms with Gasteiger partial charge < -0.3 is 9.47 Å². The van der Waals surface area contributed by atoms with Crippen molar-refractivity contribution in [1.82, 2.24) is 4.57 Å². The third kappa shape index (κ3) is 4.33. The van der Waals surface area contributed by atoms with Crippen LogP contribution in [0.25, 0.3) is 70.9 Å². The second-order valence-corrected chi connectivity index (χ2v) is 15.0. The molecule has 0 N–H and O–H groups in total. The summed E-state index contributed by atoms with van der Waals surface area (Å²) in [6.45, 7) is 4.75. The lowest BCUT2D eigenvalue weighted by molar-refractivity contribution is 0.632. The molecule has 10 aromatic rings. The lowest BCUT2D eigenvalue weighted by Crippen LogP contribution is -2.30. The van der Waals surface area contributed by atoms with Gasteiger partial charge in [0.1, 0.15) is 0 Å². The summed E-state index contributed by atoms with van der Waals surface area (Å²) in [7, 11) is 0. The van der Waals surface area contributed by atoms with Crippen molar-refractivity contribution in [1.29, 1.82) is 0 Å². The zero-order valence-electron chi connectivity index (χ0n) is 29.7. The molecule has 9 aromatic carbocycles. The molecule has 0 saturated carbocycles. The summed E-state index contributed by atoms with van der Waals surface area (Å²) < 4.78 is 2.38. The second kappa shape index (κ2) is 11.2. The highest BCUT2D eigenvalue weighted by Gasteiger charge is 2.37. The molecule has 0 atom stereocenters. The van der Waals surface area contributed by atoms with Gasteiger partial charge in [-0.25, -0.2) is 0 Å². The van der Waals surface area contributed by atoms with E-state index in [4.69, 9.17) is 0 Å². The molecule has 11 rings (SSSR count). The number of anilines is 3. The average molecular weight is 677 g/mol. The van der Waals surface area contributed by atoms with Gasteiger partial charge in [0.2, 0.25) is 0 Å². The molecule has 250 valence electrons. The average Bonchev–Trinajstić information content (AvgIpc) is 3.55. The maximum Gasteiger partial charge on any atom is 0.0541 e. The molecule has 0 amide bonds. The molecule has 53 heavy (non-hydrogen) atoms. The molecule has 1 aliphatic heterocycles. The van der Waals surface area contributed by atoms with E-state index < -0.39 is 0 Å². The number of nitrogens with zero attached hydrogens (tertiary/aromatic N) is 2. The number of hydrogen-bond acceptors (Lipinski definition) is 1. The third-order valence-electron chi connectivity index (χ3n) is 11.7. The van der Waals surface area contributed by atoms with Gasteiger partial charge in [0, 0.05) is 27.6 Å². The van der Waals surface area contributed by atoms with Crippen LogP contribution in [0.2, 0.25) is 0 Å². The van der Waals surface area contributed by atoms with E-state index in [1.807, 2.05) is 0 Å². The van der Waals surface area contributed by atoms with Crippen LogP contribution in [0.3, 0.4) is 0 Å². The summed E-state index contributed by atoms with van der Waals surface area (Å²) in [5.41, 5.74) is 12.1. The van der Waals surface area contributed by atoms with Crippen LogP contribution >= 0.6 is 0 Å². The van der Waals surface area contributed by atoms with E-state index >= 15 is 0 Å². The number of para-hydroxylation sites is 3. The first kappa shape index (κ1) is 30.0. The smallest absolute Gasteiger partial charge is 0.0541 e. The Labute approximate surface area is 308 Å². The molecule has 1 aliphatic rings. The summed E-state index contributed by atoms with van der Waals surface area (Å²) >= 11 is 0. The fourth-order valence-corrected chi connectivity index (χ4v) is 9.20. The van der Waals surface area contributed by atoms with Crippen molar-refractivity contribution in [2.45, 2.75) is 19.3 Å². The third-order valence-corrected chi connectivity index (χ3v) is 11.7. The highest BCUT2D eigenvalue weighted by atomic mass is 15.2. The summed E-state index contributed by atoms with van der Waals surface area (Å²) in [4.78, 5) is 2.49. The minimum Gasteiger partial charge on any atom is -0.310 e. The van der Waals surface area contributed by atoms with Gasteiger partial charge in [-0.1, -0.05) is 135 Å². The predicted octanol–water partition coefficient (Wildman–Crippen LogP) is 14.0. The first-order chi connectivity index (χ1) is 26.1. The molecule has 2 heteroatoms. The van der Waals surface area contributed by atoms with Crippen LogP contribution in [-0.2, 0) is 5.41 Å². The SMILES string of the molecule is CC1(C)c2ccccc2N(c2ccc3c4ccccc4c4ccccc4c3c2)c2ccc(-c3ccc4c(c3)c3ccccc3n4-c3ccccc3)cc21. The topological polar surface area (TPSA) is 8.17 Å². The Hall–Kier alpha value is -6.64. The monoisotopic (exact) mass is 676 g/mol. The number of benzene rings is 9. The van der Waals surface area contributed by atoms with Crippen LogP contribution in [0.4, 0.5) is 17.1 Å². The van der Waals surface area contributed by atoms with Gasteiger partial charge in [-0.05, 0) is 115 Å². The Morgan fingerprint density at radius 3 is 1.64 bits per heavy atom. The maximum atomic E-state index is 2.49. The van der Waals surface area contributed by atoms with Crippen LogP contribution < -0.4 is 4.90 Å². The van der Waals surface area contributed by atoms with Crippen LogP contribution in [0.15, 0.2) is 182 Å². The maximum absolute atomic E-state index is 2.49. The standard InChI is InChI=1S/C51H36N2/c1-51(2)45-21-11-13-23-49(45)53(36-26-27-41-39-18-7-6-16-37(39)38-17-8-9-19-40(38)43(41)32-36)50-29-25-34(31-46(50)51)33-24-28-48-44(30-33)42-20-10-12-22-47(42)52(48)35-14-4-3-5-15-35/h3-32H,1-2H3. The number of aromatic nitrogens is 1. The molecular weight excluding hydrogens is 641 g/mol. The van der Waals surface area contributed by atoms with Crippen molar-refractivity contribution in [2.75, 3.05) is 4.90 Å².